The quantitative estimate of drug-likeness (QED) is 0.896. The molecule has 130 valence electrons. The highest BCUT2D eigenvalue weighted by Gasteiger charge is 2.19. The number of rotatable bonds is 4. The van der Waals surface area contributed by atoms with Gasteiger partial charge in [0.15, 0.2) is 0 Å². The molecule has 0 unspecified atom stereocenters. The minimum absolute atomic E-state index is 0.137. The first-order valence-electron chi connectivity index (χ1n) is 8.51. The monoisotopic (exact) mass is 338 g/mol. The molecular weight excluding hydrogens is 316 g/mol. The van der Waals surface area contributed by atoms with Gasteiger partial charge in [-0.3, -0.25) is 9.78 Å². The fourth-order valence-electron chi connectivity index (χ4n) is 2.91. The number of urea groups is 1. The van der Waals surface area contributed by atoms with Crippen molar-refractivity contribution in [1.29, 1.82) is 0 Å². The minimum atomic E-state index is -0.293. The Morgan fingerprint density at radius 2 is 2.12 bits per heavy atom. The molecule has 3 amide bonds. The van der Waals surface area contributed by atoms with Crippen LogP contribution in [0, 0.1) is 0 Å². The molecular formula is C19H22N4O2. The van der Waals surface area contributed by atoms with Crippen molar-refractivity contribution in [3.8, 4) is 0 Å². The lowest BCUT2D eigenvalue weighted by atomic mass is 10.1. The summed E-state index contributed by atoms with van der Waals surface area (Å²) in [7, 11) is 0. The minimum Gasteiger partial charge on any atom is -0.331 e. The topological polar surface area (TPSA) is 74.3 Å². The zero-order chi connectivity index (χ0) is 17.6. The van der Waals surface area contributed by atoms with E-state index in [1.54, 1.807) is 17.3 Å². The van der Waals surface area contributed by atoms with Gasteiger partial charge in [-0.2, -0.15) is 0 Å². The first-order chi connectivity index (χ1) is 12.1. The number of benzene rings is 1. The van der Waals surface area contributed by atoms with Crippen LogP contribution in [0.3, 0.4) is 0 Å². The van der Waals surface area contributed by atoms with Crippen molar-refractivity contribution in [2.75, 3.05) is 16.8 Å². The van der Waals surface area contributed by atoms with Gasteiger partial charge in [0.25, 0.3) is 0 Å². The summed E-state index contributed by atoms with van der Waals surface area (Å²) in [6.45, 7) is 2.63. The van der Waals surface area contributed by atoms with Crippen LogP contribution in [-0.4, -0.2) is 23.5 Å². The number of pyridine rings is 1. The van der Waals surface area contributed by atoms with Crippen LogP contribution in [0.5, 0.6) is 0 Å². The van der Waals surface area contributed by atoms with Crippen molar-refractivity contribution in [3.05, 3.63) is 54.4 Å². The smallest absolute Gasteiger partial charge is 0.319 e. The van der Waals surface area contributed by atoms with Gasteiger partial charge in [0, 0.05) is 36.7 Å². The number of amides is 3. The third kappa shape index (κ3) is 4.35. The molecule has 2 heterocycles. The molecule has 0 aliphatic carbocycles. The SMILES string of the molecule is C[C@@H](NC(=O)Nc1cccc(N2CCCCC2=O)c1)c1cccnc1. The molecule has 0 spiro atoms. The molecule has 1 aromatic heterocycles. The Morgan fingerprint density at radius 1 is 1.24 bits per heavy atom. The maximum absolute atomic E-state index is 12.2. The van der Waals surface area contributed by atoms with Crippen molar-refractivity contribution in [1.82, 2.24) is 10.3 Å². The molecule has 6 heteroatoms. The molecule has 1 aliphatic rings. The predicted molar refractivity (Wildman–Crippen MR) is 97.5 cm³/mol. The number of nitrogens with zero attached hydrogens (tertiary/aromatic N) is 2. The molecule has 2 aromatic rings. The van der Waals surface area contributed by atoms with E-state index in [9.17, 15) is 9.59 Å². The first-order valence-corrected chi connectivity index (χ1v) is 8.51. The second kappa shape index (κ2) is 7.79. The number of aromatic nitrogens is 1. The van der Waals surface area contributed by atoms with Crippen molar-refractivity contribution in [2.24, 2.45) is 0 Å². The Kier molecular flexibility index (Phi) is 5.28. The molecule has 0 bridgehead atoms. The number of carbonyl (C=O) groups excluding carboxylic acids is 2. The van der Waals surface area contributed by atoms with E-state index in [1.165, 1.54) is 0 Å². The summed E-state index contributed by atoms with van der Waals surface area (Å²) >= 11 is 0. The molecule has 25 heavy (non-hydrogen) atoms. The lowest BCUT2D eigenvalue weighted by Gasteiger charge is -2.27. The van der Waals surface area contributed by atoms with Crippen LogP contribution >= 0.6 is 0 Å². The van der Waals surface area contributed by atoms with Gasteiger partial charge < -0.3 is 15.5 Å². The number of hydrogen-bond donors (Lipinski definition) is 2. The van der Waals surface area contributed by atoms with Gasteiger partial charge in [-0.25, -0.2) is 4.79 Å². The van der Waals surface area contributed by atoms with Crippen LogP contribution in [0.2, 0.25) is 0 Å². The maximum Gasteiger partial charge on any atom is 0.319 e. The Balaban J connectivity index is 1.63. The van der Waals surface area contributed by atoms with Crippen molar-refractivity contribution in [3.63, 3.8) is 0 Å². The number of hydrogen-bond acceptors (Lipinski definition) is 3. The number of anilines is 2. The maximum atomic E-state index is 12.2. The second-order valence-corrected chi connectivity index (χ2v) is 6.16. The summed E-state index contributed by atoms with van der Waals surface area (Å²) < 4.78 is 0. The molecule has 1 aliphatic heterocycles. The molecule has 3 rings (SSSR count). The number of carbonyl (C=O) groups is 2. The van der Waals surface area contributed by atoms with E-state index in [0.717, 1.165) is 30.6 Å². The summed E-state index contributed by atoms with van der Waals surface area (Å²) in [6.07, 6.45) is 5.96. The lowest BCUT2D eigenvalue weighted by Crippen LogP contribution is -2.35. The van der Waals surface area contributed by atoms with E-state index in [4.69, 9.17) is 0 Å². The molecule has 0 radical (unpaired) electrons. The van der Waals surface area contributed by atoms with Crippen LogP contribution in [0.1, 0.15) is 37.8 Å². The van der Waals surface area contributed by atoms with E-state index in [1.807, 2.05) is 43.3 Å². The van der Waals surface area contributed by atoms with Crippen LogP contribution in [0.15, 0.2) is 48.8 Å². The van der Waals surface area contributed by atoms with Crippen LogP contribution in [0.4, 0.5) is 16.2 Å². The van der Waals surface area contributed by atoms with Crippen molar-refractivity contribution >= 4 is 23.3 Å². The Hall–Kier alpha value is -2.89. The normalized spacial score (nSPS) is 15.6. The lowest BCUT2D eigenvalue weighted by molar-refractivity contribution is -0.119. The van der Waals surface area contributed by atoms with Crippen LogP contribution < -0.4 is 15.5 Å². The van der Waals surface area contributed by atoms with Gasteiger partial charge in [0.2, 0.25) is 5.91 Å². The Bertz CT molecular complexity index is 748. The van der Waals surface area contributed by atoms with E-state index >= 15 is 0 Å². The van der Waals surface area contributed by atoms with E-state index in [0.29, 0.717) is 12.1 Å². The van der Waals surface area contributed by atoms with E-state index in [-0.39, 0.29) is 18.0 Å². The van der Waals surface area contributed by atoms with Gasteiger partial charge in [-0.1, -0.05) is 12.1 Å². The Labute approximate surface area is 147 Å². The zero-order valence-electron chi connectivity index (χ0n) is 14.2. The van der Waals surface area contributed by atoms with Gasteiger partial charge in [0.05, 0.1) is 6.04 Å². The molecule has 1 aromatic carbocycles. The molecule has 6 nitrogen and oxygen atoms in total. The fourth-order valence-corrected chi connectivity index (χ4v) is 2.91. The highest BCUT2D eigenvalue weighted by Crippen LogP contribution is 2.24. The zero-order valence-corrected chi connectivity index (χ0v) is 14.2. The summed E-state index contributed by atoms with van der Waals surface area (Å²) in [5.74, 6) is 0.137. The van der Waals surface area contributed by atoms with Crippen molar-refractivity contribution in [2.45, 2.75) is 32.2 Å². The van der Waals surface area contributed by atoms with E-state index < -0.39 is 0 Å². The molecule has 0 saturated carbocycles. The van der Waals surface area contributed by atoms with Crippen LogP contribution in [-0.2, 0) is 4.79 Å². The molecule has 1 atom stereocenters. The van der Waals surface area contributed by atoms with Gasteiger partial charge >= 0.3 is 6.03 Å². The molecule has 1 fully saturated rings. The van der Waals surface area contributed by atoms with E-state index in [2.05, 4.69) is 15.6 Å². The molecule has 2 N–H and O–H groups in total. The van der Waals surface area contributed by atoms with Gasteiger partial charge in [-0.15, -0.1) is 0 Å². The highest BCUT2D eigenvalue weighted by molar-refractivity contribution is 5.95. The van der Waals surface area contributed by atoms with Gasteiger partial charge in [-0.05, 0) is 49.6 Å². The average Bonchev–Trinajstić information content (AvgIpc) is 2.63. The number of piperidine rings is 1. The second-order valence-electron chi connectivity index (χ2n) is 6.16. The molecule has 1 saturated heterocycles. The highest BCUT2D eigenvalue weighted by atomic mass is 16.2. The largest absolute Gasteiger partial charge is 0.331 e. The fraction of sp³-hybridized carbons (Fsp3) is 0.316. The summed E-state index contributed by atoms with van der Waals surface area (Å²) in [6, 6.07) is 10.7. The third-order valence-corrected chi connectivity index (χ3v) is 4.27. The standard InChI is InChI=1S/C19H22N4O2/c1-14(15-6-5-10-20-13-15)21-19(25)22-16-7-4-8-17(12-16)23-11-3-2-9-18(23)24/h4-8,10,12-14H,2-3,9,11H2,1H3,(H2,21,22,25)/t14-/m1/s1. The summed E-state index contributed by atoms with van der Waals surface area (Å²) in [5.41, 5.74) is 2.42. The van der Waals surface area contributed by atoms with Crippen molar-refractivity contribution < 1.29 is 9.59 Å². The van der Waals surface area contributed by atoms with Crippen LogP contribution in [0.25, 0.3) is 0 Å². The average molecular weight is 338 g/mol. The first kappa shape index (κ1) is 17.0. The summed E-state index contributed by atoms with van der Waals surface area (Å²) in [5, 5.41) is 5.71. The Morgan fingerprint density at radius 3 is 2.88 bits per heavy atom. The predicted octanol–water partition coefficient (Wildman–Crippen LogP) is 3.48. The third-order valence-electron chi connectivity index (χ3n) is 4.27. The number of nitrogens with one attached hydrogen (secondary N) is 2. The van der Waals surface area contributed by atoms with Gasteiger partial charge in [0.1, 0.15) is 0 Å². The summed E-state index contributed by atoms with van der Waals surface area (Å²) in [4.78, 5) is 30.1.